The highest BCUT2D eigenvalue weighted by molar-refractivity contribution is 5.58. The molecule has 0 aliphatic rings. The first kappa shape index (κ1) is 10.7. The minimum absolute atomic E-state index is 0.650. The van der Waals surface area contributed by atoms with Crippen LogP contribution >= 0.6 is 0 Å². The van der Waals surface area contributed by atoms with Crippen LogP contribution in [0, 0.1) is 0 Å². The van der Waals surface area contributed by atoms with Gasteiger partial charge >= 0.3 is 0 Å². The van der Waals surface area contributed by atoms with E-state index in [1.54, 1.807) is 7.11 Å². The van der Waals surface area contributed by atoms with Crippen molar-refractivity contribution in [2.45, 2.75) is 13.5 Å². The molecule has 1 aromatic rings. The fraction of sp³-hybridized carbons (Fsp3) is 0.231. The summed E-state index contributed by atoms with van der Waals surface area (Å²) < 4.78 is 5.13. The molecule has 0 aliphatic carbocycles. The van der Waals surface area contributed by atoms with E-state index in [-0.39, 0.29) is 0 Å². The Balaban J connectivity index is 3.00. The summed E-state index contributed by atoms with van der Waals surface area (Å²) in [7, 11) is 1.71. The van der Waals surface area contributed by atoms with Crippen molar-refractivity contribution in [1.82, 2.24) is 0 Å². The van der Waals surface area contributed by atoms with Gasteiger partial charge in [-0.25, -0.2) is 0 Å². The lowest BCUT2D eigenvalue weighted by Crippen LogP contribution is -1.90. The molecule has 0 spiro atoms. The first-order valence-electron chi connectivity index (χ1n) is 4.65. The van der Waals surface area contributed by atoms with Gasteiger partial charge in [0, 0.05) is 7.11 Å². The molecule has 1 heteroatoms. The van der Waals surface area contributed by atoms with Gasteiger partial charge in [0.05, 0.1) is 6.61 Å². The Kier molecular flexibility index (Phi) is 4.14. The maximum Gasteiger partial charge on any atom is 0.0718 e. The van der Waals surface area contributed by atoms with Gasteiger partial charge < -0.3 is 4.74 Å². The average Bonchev–Trinajstić information content (AvgIpc) is 2.21. The van der Waals surface area contributed by atoms with Gasteiger partial charge in [-0.2, -0.15) is 0 Å². The zero-order valence-electron chi connectivity index (χ0n) is 8.79. The Morgan fingerprint density at radius 2 is 2.14 bits per heavy atom. The molecule has 1 aromatic carbocycles. The van der Waals surface area contributed by atoms with E-state index in [1.165, 1.54) is 11.1 Å². The Morgan fingerprint density at radius 3 is 2.79 bits per heavy atom. The maximum absolute atomic E-state index is 5.13. The third kappa shape index (κ3) is 2.86. The fourth-order valence-corrected chi connectivity index (χ4v) is 1.27. The molecule has 0 atom stereocenters. The lowest BCUT2D eigenvalue weighted by Gasteiger charge is -2.04. The van der Waals surface area contributed by atoms with E-state index in [4.69, 9.17) is 4.74 Å². The van der Waals surface area contributed by atoms with Crippen LogP contribution in [0.1, 0.15) is 18.1 Å². The molecule has 0 saturated carbocycles. The van der Waals surface area contributed by atoms with Crippen LogP contribution < -0.4 is 0 Å². The summed E-state index contributed by atoms with van der Waals surface area (Å²) in [6.07, 6.45) is 3.96. The van der Waals surface area contributed by atoms with Crippen molar-refractivity contribution in [2.75, 3.05) is 7.11 Å². The number of hydrogen-bond acceptors (Lipinski definition) is 1. The molecule has 0 unspecified atom stereocenters. The highest BCUT2D eigenvalue weighted by Gasteiger charge is 1.97. The summed E-state index contributed by atoms with van der Waals surface area (Å²) >= 11 is 0. The van der Waals surface area contributed by atoms with Crippen molar-refractivity contribution in [3.63, 3.8) is 0 Å². The van der Waals surface area contributed by atoms with Crippen LogP contribution in [0.2, 0.25) is 0 Å². The normalized spacial score (nSPS) is 11.4. The number of methoxy groups -OCH3 is 1. The summed E-state index contributed by atoms with van der Waals surface area (Å²) in [6, 6.07) is 8.21. The first-order valence-corrected chi connectivity index (χ1v) is 4.65. The number of rotatable bonds is 4. The molecule has 0 saturated heterocycles. The topological polar surface area (TPSA) is 9.23 Å². The van der Waals surface area contributed by atoms with Crippen molar-refractivity contribution < 1.29 is 4.74 Å². The summed E-state index contributed by atoms with van der Waals surface area (Å²) in [6.45, 7) is 6.42. The smallest absolute Gasteiger partial charge is 0.0718 e. The third-order valence-corrected chi connectivity index (χ3v) is 2.06. The van der Waals surface area contributed by atoms with Gasteiger partial charge in [-0.3, -0.25) is 0 Å². The molecular weight excluding hydrogens is 172 g/mol. The van der Waals surface area contributed by atoms with Crippen LogP contribution in [0.25, 0.3) is 6.08 Å². The molecule has 0 heterocycles. The number of benzene rings is 1. The van der Waals surface area contributed by atoms with Crippen LogP contribution in [-0.4, -0.2) is 7.11 Å². The highest BCUT2D eigenvalue weighted by atomic mass is 16.5. The lowest BCUT2D eigenvalue weighted by molar-refractivity contribution is 0.184. The summed E-state index contributed by atoms with van der Waals surface area (Å²) in [5.41, 5.74) is 3.57. The zero-order valence-corrected chi connectivity index (χ0v) is 8.79. The second-order valence-corrected chi connectivity index (χ2v) is 3.22. The minimum Gasteiger partial charge on any atom is -0.380 e. The molecule has 0 N–H and O–H groups in total. The van der Waals surface area contributed by atoms with Crippen molar-refractivity contribution in [3.8, 4) is 0 Å². The number of hydrogen-bond donors (Lipinski definition) is 0. The lowest BCUT2D eigenvalue weighted by atomic mass is 10.1. The van der Waals surface area contributed by atoms with Gasteiger partial charge in [0.25, 0.3) is 0 Å². The molecule has 74 valence electrons. The number of ether oxygens (including phenoxy) is 1. The Hall–Kier alpha value is -1.34. The zero-order chi connectivity index (χ0) is 10.4. The molecule has 0 amide bonds. The molecule has 0 radical (unpaired) electrons. The average molecular weight is 188 g/mol. The van der Waals surface area contributed by atoms with Gasteiger partial charge in [0.15, 0.2) is 0 Å². The van der Waals surface area contributed by atoms with E-state index in [0.29, 0.717) is 6.61 Å². The second-order valence-electron chi connectivity index (χ2n) is 3.22. The molecule has 0 aliphatic heterocycles. The summed E-state index contributed by atoms with van der Waals surface area (Å²) in [5, 5.41) is 0. The van der Waals surface area contributed by atoms with E-state index in [0.717, 1.165) is 5.57 Å². The summed E-state index contributed by atoms with van der Waals surface area (Å²) in [5.74, 6) is 0. The molecular formula is C13H16O. The molecule has 0 fully saturated rings. The third-order valence-electron chi connectivity index (χ3n) is 2.06. The molecule has 0 bridgehead atoms. The summed E-state index contributed by atoms with van der Waals surface area (Å²) in [4.78, 5) is 0. The Labute approximate surface area is 85.7 Å². The van der Waals surface area contributed by atoms with Crippen LogP contribution in [-0.2, 0) is 11.3 Å². The van der Waals surface area contributed by atoms with E-state index >= 15 is 0 Å². The quantitative estimate of drug-likeness (QED) is 0.658. The highest BCUT2D eigenvalue weighted by Crippen LogP contribution is 2.14. The van der Waals surface area contributed by atoms with Crippen molar-refractivity contribution in [1.29, 1.82) is 0 Å². The standard InChI is InChI=1S/C13H16O/c1-4-11(2)9-12-7-5-6-8-13(12)10-14-3/h4-9H,1,10H2,2-3H3/b11-9+. The molecule has 0 aromatic heterocycles. The monoisotopic (exact) mass is 188 g/mol. The largest absolute Gasteiger partial charge is 0.380 e. The van der Waals surface area contributed by atoms with E-state index in [9.17, 15) is 0 Å². The number of allylic oxidation sites excluding steroid dienone is 2. The Morgan fingerprint density at radius 1 is 1.43 bits per heavy atom. The van der Waals surface area contributed by atoms with E-state index < -0.39 is 0 Å². The second kappa shape index (κ2) is 5.40. The van der Waals surface area contributed by atoms with Gasteiger partial charge in [0.1, 0.15) is 0 Å². The maximum atomic E-state index is 5.13. The van der Waals surface area contributed by atoms with Crippen molar-refractivity contribution >= 4 is 6.08 Å². The fourth-order valence-electron chi connectivity index (χ4n) is 1.27. The van der Waals surface area contributed by atoms with Crippen LogP contribution in [0.4, 0.5) is 0 Å². The molecule has 1 nitrogen and oxygen atoms in total. The minimum atomic E-state index is 0.650. The molecule has 1 rings (SSSR count). The Bertz CT molecular complexity index is 337. The predicted octanol–water partition coefficient (Wildman–Crippen LogP) is 3.42. The van der Waals surface area contributed by atoms with Crippen molar-refractivity contribution in [3.05, 3.63) is 53.6 Å². The van der Waals surface area contributed by atoms with Gasteiger partial charge in [-0.1, -0.05) is 48.6 Å². The predicted molar refractivity (Wildman–Crippen MR) is 61.0 cm³/mol. The van der Waals surface area contributed by atoms with E-state index in [1.807, 2.05) is 25.1 Å². The van der Waals surface area contributed by atoms with Gasteiger partial charge in [-0.15, -0.1) is 0 Å². The van der Waals surface area contributed by atoms with Crippen LogP contribution in [0.5, 0.6) is 0 Å². The van der Waals surface area contributed by atoms with Gasteiger partial charge in [0.2, 0.25) is 0 Å². The molecule has 14 heavy (non-hydrogen) atoms. The van der Waals surface area contributed by atoms with Crippen molar-refractivity contribution in [2.24, 2.45) is 0 Å². The van der Waals surface area contributed by atoms with E-state index in [2.05, 4.69) is 24.8 Å². The SMILES string of the molecule is C=C/C(C)=C/c1ccccc1COC. The van der Waals surface area contributed by atoms with Crippen LogP contribution in [0.3, 0.4) is 0 Å². The van der Waals surface area contributed by atoms with Crippen LogP contribution in [0.15, 0.2) is 42.5 Å². The van der Waals surface area contributed by atoms with Gasteiger partial charge in [-0.05, 0) is 18.1 Å². The first-order chi connectivity index (χ1) is 6.77.